The van der Waals surface area contributed by atoms with Crippen LogP contribution in [-0.2, 0) is 28.6 Å². The minimum Gasteiger partial charge on any atom is -0.477 e. The van der Waals surface area contributed by atoms with E-state index in [2.05, 4.69) is 111 Å². The molecule has 0 aromatic carbocycles. The quantitative estimate of drug-likeness (QED) is 0.0283. The summed E-state index contributed by atoms with van der Waals surface area (Å²) in [7, 11) is 5.51. The van der Waals surface area contributed by atoms with Crippen LogP contribution in [0.4, 0.5) is 0 Å². The monoisotopic (exact) mass is 851 g/mol. The van der Waals surface area contributed by atoms with E-state index in [9.17, 15) is 19.5 Å². The van der Waals surface area contributed by atoms with Crippen molar-refractivity contribution in [1.82, 2.24) is 0 Å². The van der Waals surface area contributed by atoms with E-state index in [0.717, 1.165) is 109 Å². The fraction of sp³-hybridized carbons (Fsp3) is 0.642. The number of hydrogen-bond acceptors (Lipinski definition) is 6. The van der Waals surface area contributed by atoms with Gasteiger partial charge in [0.15, 0.2) is 12.1 Å². The zero-order chi connectivity index (χ0) is 44.9. The van der Waals surface area contributed by atoms with Crippen molar-refractivity contribution in [3.63, 3.8) is 0 Å². The molecule has 61 heavy (non-hydrogen) atoms. The van der Waals surface area contributed by atoms with Gasteiger partial charge in [0.25, 0.3) is 0 Å². The van der Waals surface area contributed by atoms with Gasteiger partial charge in [0.2, 0.25) is 0 Å². The van der Waals surface area contributed by atoms with Crippen LogP contribution in [0.3, 0.4) is 0 Å². The molecule has 2 atom stereocenters. The summed E-state index contributed by atoms with van der Waals surface area (Å²) in [6, 6.07) is -0.626. The molecule has 0 saturated heterocycles. The Balaban J connectivity index is 4.35. The van der Waals surface area contributed by atoms with E-state index in [-0.39, 0.29) is 36.2 Å². The summed E-state index contributed by atoms with van der Waals surface area (Å²) >= 11 is 0. The molecule has 1 N–H and O–H groups in total. The maximum absolute atomic E-state index is 12.7. The lowest BCUT2D eigenvalue weighted by Gasteiger charge is -2.31. The van der Waals surface area contributed by atoms with Gasteiger partial charge in [-0.1, -0.05) is 156 Å². The van der Waals surface area contributed by atoms with Gasteiger partial charge in [-0.05, 0) is 89.9 Å². The van der Waals surface area contributed by atoms with E-state index in [0.29, 0.717) is 19.3 Å². The highest BCUT2D eigenvalue weighted by Gasteiger charge is 2.31. The largest absolute Gasteiger partial charge is 0.477 e. The second-order valence-electron chi connectivity index (χ2n) is 16.6. The molecule has 0 rings (SSSR count). The van der Waals surface area contributed by atoms with Crippen LogP contribution < -0.4 is 0 Å². The normalized spacial score (nSPS) is 13.8. The van der Waals surface area contributed by atoms with E-state index in [4.69, 9.17) is 14.2 Å². The van der Waals surface area contributed by atoms with E-state index in [1.807, 2.05) is 21.1 Å². The van der Waals surface area contributed by atoms with Crippen LogP contribution >= 0.6 is 0 Å². The molecule has 2 unspecified atom stereocenters. The first-order valence-corrected chi connectivity index (χ1v) is 23.8. The van der Waals surface area contributed by atoms with Crippen LogP contribution in [0.25, 0.3) is 0 Å². The molecule has 0 radical (unpaired) electrons. The molecule has 0 bridgehead atoms. The number of likely N-dealkylation sites (N-methyl/N-ethyl adjacent to an activating group) is 1. The van der Waals surface area contributed by atoms with Gasteiger partial charge in [0.05, 0.1) is 34.4 Å². The van der Waals surface area contributed by atoms with E-state index in [1.165, 1.54) is 25.7 Å². The number of unbranched alkanes of at least 4 members (excludes halogenated alkanes) is 11. The van der Waals surface area contributed by atoms with Crippen LogP contribution in [0.1, 0.15) is 168 Å². The van der Waals surface area contributed by atoms with Crippen molar-refractivity contribution in [2.45, 2.75) is 180 Å². The van der Waals surface area contributed by atoms with Crippen molar-refractivity contribution in [1.29, 1.82) is 0 Å². The van der Waals surface area contributed by atoms with Crippen molar-refractivity contribution in [3.05, 3.63) is 97.2 Å². The topological polar surface area (TPSA) is 99.1 Å². The number of rotatable bonds is 41. The van der Waals surface area contributed by atoms with Crippen molar-refractivity contribution in [2.24, 2.45) is 0 Å². The summed E-state index contributed by atoms with van der Waals surface area (Å²) in [6.07, 6.45) is 57.4. The number of carbonyl (C=O) groups excluding carboxylic acids is 2. The fourth-order valence-corrected chi connectivity index (χ4v) is 6.37. The maximum atomic E-state index is 12.7. The van der Waals surface area contributed by atoms with E-state index < -0.39 is 18.1 Å². The Hall–Kier alpha value is -3.75. The second-order valence-corrected chi connectivity index (χ2v) is 16.6. The number of esters is 2. The van der Waals surface area contributed by atoms with Crippen molar-refractivity contribution < 1.29 is 38.2 Å². The molecule has 0 aliphatic carbocycles. The van der Waals surface area contributed by atoms with E-state index >= 15 is 0 Å². The Bertz CT molecular complexity index is 1310. The number of aliphatic carboxylic acids is 1. The molecule has 0 aromatic heterocycles. The Morgan fingerprint density at radius 3 is 1.28 bits per heavy atom. The predicted octanol–water partition coefficient (Wildman–Crippen LogP) is 13.5. The number of carboxylic acids is 1. The molecule has 0 heterocycles. The third kappa shape index (κ3) is 41.4. The van der Waals surface area contributed by atoms with E-state index in [1.54, 1.807) is 0 Å². The smallest absolute Gasteiger partial charge is 0.362 e. The first-order valence-electron chi connectivity index (χ1n) is 23.8. The second kappa shape index (κ2) is 42.9. The minimum atomic E-state index is -0.884. The summed E-state index contributed by atoms with van der Waals surface area (Å²) in [5, 5.41) is 9.63. The van der Waals surface area contributed by atoms with Crippen molar-refractivity contribution in [3.8, 4) is 0 Å². The average Bonchev–Trinajstić information content (AvgIpc) is 3.22. The summed E-state index contributed by atoms with van der Waals surface area (Å²) in [6.45, 7) is 4.47. The Kier molecular flexibility index (Phi) is 40.3. The molecular formula is C53H88NO7+. The molecule has 0 fully saturated rings. The highest BCUT2D eigenvalue weighted by Crippen LogP contribution is 2.13. The highest BCUT2D eigenvalue weighted by molar-refractivity contribution is 5.72. The molecule has 0 saturated carbocycles. The third-order valence-corrected chi connectivity index (χ3v) is 9.98. The third-order valence-electron chi connectivity index (χ3n) is 9.98. The van der Waals surface area contributed by atoms with Gasteiger partial charge in [-0.15, -0.1) is 0 Å². The number of carbonyl (C=O) groups is 3. The summed E-state index contributed by atoms with van der Waals surface area (Å²) in [5.74, 6) is -1.52. The number of allylic oxidation sites excluding steroid dienone is 16. The number of nitrogens with zero attached hydrogens (tertiary/aromatic N) is 1. The standard InChI is InChI=1S/C53H87NO7/c1-6-8-10-12-14-16-18-20-22-23-24-25-26-27-28-29-30-32-33-35-37-39-41-43-51(55)60-48-49(47-59-46-45-50(53(57)58)54(3,4)5)61-52(56)44-42-40-38-36-34-31-21-19-17-15-13-11-9-7-2/h8-11,14-17,20,22,24-25,27-28,30,32,49-50H,6-7,12-13,18-19,21,23,26,29,31,33-48H2,1-5H3/p+1/b10-8+,11-9+,16-14+,17-15+,22-20+,25-24+,28-27+,32-30+. The van der Waals surface area contributed by atoms with Gasteiger partial charge in [-0.3, -0.25) is 9.59 Å². The highest BCUT2D eigenvalue weighted by atomic mass is 16.6. The SMILES string of the molecule is CC/C=C/C/C=C/C/C=C/C/C=C/C/C=C/C/C=C/CCCCCCC(=O)OCC(COCCC(C(=O)O)[N+](C)(C)C)OC(=O)CCCCCCCCC/C=C/C/C=C/CC. The van der Waals surface area contributed by atoms with Gasteiger partial charge in [-0.2, -0.15) is 0 Å². The van der Waals surface area contributed by atoms with Gasteiger partial charge in [0, 0.05) is 19.3 Å². The Morgan fingerprint density at radius 1 is 0.492 bits per heavy atom. The summed E-state index contributed by atoms with van der Waals surface area (Å²) < 4.78 is 17.3. The van der Waals surface area contributed by atoms with Crippen molar-refractivity contribution >= 4 is 17.9 Å². The molecule has 0 spiro atoms. The molecule has 0 aromatic rings. The average molecular weight is 851 g/mol. The molecule has 0 aliphatic heterocycles. The van der Waals surface area contributed by atoms with Gasteiger partial charge in [-0.25, -0.2) is 4.79 Å². The maximum Gasteiger partial charge on any atom is 0.362 e. The lowest BCUT2D eigenvalue weighted by Crippen LogP contribution is -2.50. The Morgan fingerprint density at radius 2 is 0.869 bits per heavy atom. The van der Waals surface area contributed by atoms with Crippen LogP contribution in [0, 0.1) is 0 Å². The van der Waals surface area contributed by atoms with Gasteiger partial charge < -0.3 is 23.8 Å². The zero-order valence-electron chi connectivity index (χ0n) is 39.3. The summed E-state index contributed by atoms with van der Waals surface area (Å²) in [4.78, 5) is 37.1. The van der Waals surface area contributed by atoms with Crippen LogP contribution in [-0.4, -0.2) is 80.6 Å². The van der Waals surface area contributed by atoms with Crippen LogP contribution in [0.15, 0.2) is 97.2 Å². The zero-order valence-corrected chi connectivity index (χ0v) is 39.3. The van der Waals surface area contributed by atoms with Crippen LogP contribution in [0.2, 0.25) is 0 Å². The first-order chi connectivity index (χ1) is 29.6. The van der Waals surface area contributed by atoms with Gasteiger partial charge >= 0.3 is 17.9 Å². The number of carboxylic acid groups (broad SMARTS) is 1. The molecule has 0 aliphatic rings. The number of ether oxygens (including phenoxy) is 3. The predicted molar refractivity (Wildman–Crippen MR) is 256 cm³/mol. The first kappa shape index (κ1) is 57.2. The molecule has 8 nitrogen and oxygen atoms in total. The van der Waals surface area contributed by atoms with Gasteiger partial charge in [0.1, 0.15) is 6.61 Å². The van der Waals surface area contributed by atoms with Crippen molar-refractivity contribution in [2.75, 3.05) is 41.0 Å². The van der Waals surface area contributed by atoms with Crippen LogP contribution in [0.5, 0.6) is 0 Å². The fourth-order valence-electron chi connectivity index (χ4n) is 6.37. The lowest BCUT2D eigenvalue weighted by molar-refractivity contribution is -0.887. The molecule has 0 amide bonds. The number of hydrogen-bond donors (Lipinski definition) is 1. The molecule has 346 valence electrons. The minimum absolute atomic E-state index is 0.0434. The summed E-state index contributed by atoms with van der Waals surface area (Å²) in [5.41, 5.74) is 0. The molecular weight excluding hydrogens is 763 g/mol. The molecule has 8 heteroatoms. The lowest BCUT2D eigenvalue weighted by atomic mass is 10.1. The number of quaternary nitrogens is 1. The Labute approximate surface area is 373 Å².